The van der Waals surface area contributed by atoms with Crippen LogP contribution in [-0.4, -0.2) is 23.6 Å². The van der Waals surface area contributed by atoms with Gasteiger partial charge in [-0.25, -0.2) is 0 Å². The van der Waals surface area contributed by atoms with E-state index in [-0.39, 0.29) is 24.0 Å². The number of benzene rings is 2. The van der Waals surface area contributed by atoms with Gasteiger partial charge in [0.2, 0.25) is 12.3 Å². The van der Waals surface area contributed by atoms with Crippen molar-refractivity contribution in [2.45, 2.75) is 0 Å². The first-order valence-corrected chi connectivity index (χ1v) is 9.02. The van der Waals surface area contributed by atoms with Crippen LogP contribution in [0.1, 0.15) is 21.5 Å². The number of carbonyl (C=O) groups is 2. The highest BCUT2D eigenvalue weighted by Gasteiger charge is 2.39. The topological polar surface area (TPSA) is 103 Å². The quantitative estimate of drug-likeness (QED) is 0.760. The van der Waals surface area contributed by atoms with Gasteiger partial charge in [-0.15, -0.1) is 0 Å². The number of hydrogen-bond acceptors (Lipinski definition) is 8. The fraction of sp³-hybridized carbons (Fsp3) is 0.0526. The SMILES string of the molecule is NC1=C2C(=O)NC(c3ccc(OCN4OSO4)cc3)=C2C(=O)c2ccccc21. The number of amides is 1. The Morgan fingerprint density at radius 3 is 2.39 bits per heavy atom. The molecule has 28 heavy (non-hydrogen) atoms. The van der Waals surface area contributed by atoms with E-state index in [9.17, 15) is 9.59 Å². The molecular formula is C19H13N3O5S. The zero-order valence-electron chi connectivity index (χ0n) is 14.3. The summed E-state index contributed by atoms with van der Waals surface area (Å²) in [6.45, 7) is 0.107. The molecular weight excluding hydrogens is 382 g/mol. The van der Waals surface area contributed by atoms with Crippen LogP contribution in [0.5, 0.6) is 5.75 Å². The van der Waals surface area contributed by atoms with Gasteiger partial charge in [0.05, 0.1) is 22.5 Å². The van der Waals surface area contributed by atoms with Gasteiger partial charge >= 0.3 is 0 Å². The summed E-state index contributed by atoms with van der Waals surface area (Å²) >= 11 is 0.859. The van der Waals surface area contributed by atoms with Gasteiger partial charge in [0.25, 0.3) is 5.91 Å². The molecule has 0 atom stereocenters. The monoisotopic (exact) mass is 395 g/mol. The van der Waals surface area contributed by atoms with Gasteiger partial charge in [0, 0.05) is 16.4 Å². The highest BCUT2D eigenvalue weighted by molar-refractivity contribution is 7.90. The van der Waals surface area contributed by atoms with E-state index in [1.165, 1.54) is 5.23 Å². The van der Waals surface area contributed by atoms with Crippen molar-refractivity contribution in [1.82, 2.24) is 10.5 Å². The lowest BCUT2D eigenvalue weighted by Crippen LogP contribution is -2.31. The lowest BCUT2D eigenvalue weighted by atomic mass is 9.84. The number of ketones is 1. The molecule has 2 aliphatic heterocycles. The second-order valence-electron chi connectivity index (χ2n) is 6.22. The van der Waals surface area contributed by atoms with Crippen molar-refractivity contribution in [1.29, 1.82) is 0 Å². The van der Waals surface area contributed by atoms with E-state index in [0.29, 0.717) is 39.4 Å². The van der Waals surface area contributed by atoms with E-state index in [0.717, 1.165) is 12.3 Å². The van der Waals surface area contributed by atoms with Crippen molar-refractivity contribution >= 4 is 35.4 Å². The summed E-state index contributed by atoms with van der Waals surface area (Å²) in [5.74, 6) is -0.0216. The number of nitrogens with one attached hydrogen (secondary N) is 1. The highest BCUT2D eigenvalue weighted by atomic mass is 32.2. The standard InChI is InChI=1S/C19H13N3O5S/c20-16-12-3-1-2-4-13(12)18(23)15-14(16)19(24)21-17(15)10-5-7-11(8-6-10)25-9-22-26-28-27-22/h1-8H,9,20H2,(H,21,24). The number of ether oxygens (including phenoxy) is 1. The van der Waals surface area contributed by atoms with Gasteiger partial charge in [-0.05, 0) is 29.8 Å². The average Bonchev–Trinajstić information content (AvgIpc) is 3.03. The van der Waals surface area contributed by atoms with Gasteiger partial charge < -0.3 is 15.8 Å². The van der Waals surface area contributed by atoms with E-state index in [4.69, 9.17) is 19.0 Å². The van der Waals surface area contributed by atoms with Crippen LogP contribution >= 0.6 is 12.3 Å². The molecule has 1 saturated heterocycles. The first kappa shape index (κ1) is 17.0. The first-order chi connectivity index (χ1) is 13.6. The maximum Gasteiger partial charge on any atom is 0.258 e. The van der Waals surface area contributed by atoms with Gasteiger partial charge in [-0.1, -0.05) is 24.3 Å². The maximum atomic E-state index is 13.1. The van der Waals surface area contributed by atoms with Crippen molar-refractivity contribution < 1.29 is 22.9 Å². The first-order valence-electron chi connectivity index (χ1n) is 8.35. The Morgan fingerprint density at radius 2 is 1.71 bits per heavy atom. The normalized spacial score (nSPS) is 18.6. The molecule has 2 aromatic carbocycles. The molecule has 3 N–H and O–H groups in total. The fourth-order valence-corrected chi connectivity index (χ4v) is 3.56. The van der Waals surface area contributed by atoms with Crippen molar-refractivity contribution in [2.24, 2.45) is 5.73 Å². The molecule has 9 heteroatoms. The van der Waals surface area contributed by atoms with Gasteiger partial charge in [0.15, 0.2) is 12.5 Å². The van der Waals surface area contributed by atoms with E-state index in [2.05, 4.69) is 5.32 Å². The molecule has 0 unspecified atom stereocenters. The predicted molar refractivity (Wildman–Crippen MR) is 100 cm³/mol. The van der Waals surface area contributed by atoms with Crippen LogP contribution in [0, 0.1) is 0 Å². The molecule has 0 radical (unpaired) electrons. The number of nitrogens with two attached hydrogens (primary N) is 1. The van der Waals surface area contributed by atoms with E-state index >= 15 is 0 Å². The largest absolute Gasteiger partial charge is 0.473 e. The van der Waals surface area contributed by atoms with Crippen LogP contribution in [-0.2, 0) is 13.4 Å². The van der Waals surface area contributed by atoms with E-state index < -0.39 is 0 Å². The Morgan fingerprint density at radius 1 is 1.00 bits per heavy atom. The molecule has 1 amide bonds. The summed E-state index contributed by atoms with van der Waals surface area (Å²) in [5.41, 5.74) is 9.25. The summed E-state index contributed by atoms with van der Waals surface area (Å²) in [7, 11) is 0. The molecule has 0 spiro atoms. The van der Waals surface area contributed by atoms with Gasteiger partial charge in [-0.3, -0.25) is 9.59 Å². The predicted octanol–water partition coefficient (Wildman–Crippen LogP) is 2.17. The molecule has 0 saturated carbocycles. The summed E-state index contributed by atoms with van der Waals surface area (Å²) in [5, 5.41) is 3.96. The number of Topliss-reactive ketones (excluding diaryl/α,β-unsaturated/α-hetero) is 1. The number of carbonyl (C=O) groups excluding carboxylic acids is 2. The molecule has 5 rings (SSSR count). The lowest BCUT2D eigenvalue weighted by Gasteiger charge is -2.24. The summed E-state index contributed by atoms with van der Waals surface area (Å²) < 4.78 is 15.2. The third-order valence-corrected chi connectivity index (χ3v) is 5.08. The Bertz CT molecular complexity index is 1070. The Hall–Kier alpha value is -3.11. The van der Waals surface area contributed by atoms with E-state index in [1.807, 2.05) is 0 Å². The zero-order valence-corrected chi connectivity index (χ0v) is 15.1. The molecule has 140 valence electrons. The highest BCUT2D eigenvalue weighted by Crippen LogP contribution is 2.39. The number of rotatable bonds is 4. The Kier molecular flexibility index (Phi) is 3.95. The third kappa shape index (κ3) is 2.60. The molecule has 1 fully saturated rings. The molecule has 2 heterocycles. The van der Waals surface area contributed by atoms with Crippen molar-refractivity contribution in [2.75, 3.05) is 6.73 Å². The maximum absolute atomic E-state index is 13.1. The zero-order chi connectivity index (χ0) is 19.3. The minimum atomic E-state index is -0.379. The number of hydrogen-bond donors (Lipinski definition) is 2. The van der Waals surface area contributed by atoms with Crippen molar-refractivity contribution in [3.63, 3.8) is 0 Å². The van der Waals surface area contributed by atoms with Gasteiger partial charge in [0.1, 0.15) is 5.75 Å². The molecule has 8 nitrogen and oxygen atoms in total. The number of hydroxylamine groups is 2. The smallest absolute Gasteiger partial charge is 0.258 e. The summed E-state index contributed by atoms with van der Waals surface area (Å²) in [6.07, 6.45) is 0. The Labute approximate surface area is 163 Å². The molecule has 1 aliphatic carbocycles. The second kappa shape index (κ2) is 6.50. The van der Waals surface area contributed by atoms with Gasteiger partial charge in [-0.2, -0.15) is 8.57 Å². The Balaban J connectivity index is 1.51. The molecule has 0 bridgehead atoms. The number of nitrogens with zero attached hydrogens (tertiary/aromatic N) is 1. The summed E-state index contributed by atoms with van der Waals surface area (Å²) in [6, 6.07) is 14.0. The van der Waals surface area contributed by atoms with Crippen LogP contribution in [0.4, 0.5) is 0 Å². The minimum Gasteiger partial charge on any atom is -0.473 e. The lowest BCUT2D eigenvalue weighted by molar-refractivity contribution is -0.325. The van der Waals surface area contributed by atoms with Crippen molar-refractivity contribution in [3.8, 4) is 5.75 Å². The van der Waals surface area contributed by atoms with Crippen LogP contribution in [0.25, 0.3) is 11.4 Å². The fourth-order valence-electron chi connectivity index (χ4n) is 3.32. The molecule has 2 aromatic rings. The van der Waals surface area contributed by atoms with Crippen LogP contribution < -0.4 is 15.8 Å². The molecule has 0 aromatic heterocycles. The van der Waals surface area contributed by atoms with Crippen LogP contribution in [0.2, 0.25) is 0 Å². The second-order valence-corrected chi connectivity index (χ2v) is 6.65. The summed E-state index contributed by atoms with van der Waals surface area (Å²) in [4.78, 5) is 25.6. The minimum absolute atomic E-state index is 0.107. The van der Waals surface area contributed by atoms with Crippen molar-refractivity contribution in [3.05, 3.63) is 76.4 Å². The van der Waals surface area contributed by atoms with Crippen LogP contribution in [0.15, 0.2) is 59.7 Å². The average molecular weight is 395 g/mol. The molecule has 3 aliphatic rings. The van der Waals surface area contributed by atoms with E-state index in [1.54, 1.807) is 48.5 Å². The van der Waals surface area contributed by atoms with Crippen LogP contribution in [0.3, 0.4) is 0 Å². The number of fused-ring (bicyclic) bond motifs is 2. The third-order valence-electron chi connectivity index (χ3n) is 4.63.